The van der Waals surface area contributed by atoms with Crippen molar-refractivity contribution in [2.75, 3.05) is 22.6 Å². The number of nitrogens with zero attached hydrogens (tertiary/aromatic N) is 2. The number of carbonyl (C=O) groups excluding carboxylic acids is 1. The SMILES string of the molecule is CSCCC(NC(=O)/C(C#N)=C\N(c1ccccc1)c1ccc(N)cc1)C(=O)O. The number of aliphatic carboxylic acids is 1. The summed E-state index contributed by atoms with van der Waals surface area (Å²) in [6.07, 6.45) is 3.51. The predicted molar refractivity (Wildman–Crippen MR) is 116 cm³/mol. The number of nitriles is 1. The summed E-state index contributed by atoms with van der Waals surface area (Å²) in [7, 11) is 0. The maximum Gasteiger partial charge on any atom is 0.326 e. The van der Waals surface area contributed by atoms with Gasteiger partial charge in [0, 0.05) is 23.3 Å². The molecule has 0 radical (unpaired) electrons. The average molecular weight is 410 g/mol. The first-order chi connectivity index (χ1) is 14.0. The lowest BCUT2D eigenvalue weighted by Gasteiger charge is -2.22. The summed E-state index contributed by atoms with van der Waals surface area (Å²) >= 11 is 1.48. The minimum absolute atomic E-state index is 0.207. The molecule has 1 unspecified atom stereocenters. The van der Waals surface area contributed by atoms with Gasteiger partial charge in [-0.15, -0.1) is 0 Å². The molecule has 2 aromatic carbocycles. The van der Waals surface area contributed by atoms with Crippen molar-refractivity contribution in [3.05, 3.63) is 66.4 Å². The summed E-state index contributed by atoms with van der Waals surface area (Å²) in [5.74, 6) is -1.30. The van der Waals surface area contributed by atoms with E-state index in [0.717, 1.165) is 5.69 Å². The van der Waals surface area contributed by atoms with Crippen molar-refractivity contribution >= 4 is 40.7 Å². The van der Waals surface area contributed by atoms with Crippen molar-refractivity contribution in [2.45, 2.75) is 12.5 Å². The van der Waals surface area contributed by atoms with Crippen LogP contribution in [-0.2, 0) is 9.59 Å². The average Bonchev–Trinajstić information content (AvgIpc) is 2.73. The van der Waals surface area contributed by atoms with Crippen LogP contribution in [0.5, 0.6) is 0 Å². The van der Waals surface area contributed by atoms with Gasteiger partial charge in [-0.25, -0.2) is 4.79 Å². The number of amides is 1. The molecule has 0 heterocycles. The van der Waals surface area contributed by atoms with Gasteiger partial charge in [-0.2, -0.15) is 17.0 Å². The summed E-state index contributed by atoms with van der Waals surface area (Å²) in [5, 5.41) is 21.3. The van der Waals surface area contributed by atoms with Crippen LogP contribution in [0.25, 0.3) is 0 Å². The number of benzene rings is 2. The monoisotopic (exact) mass is 410 g/mol. The van der Waals surface area contributed by atoms with E-state index in [0.29, 0.717) is 17.1 Å². The number of hydrogen-bond acceptors (Lipinski definition) is 6. The van der Waals surface area contributed by atoms with Crippen LogP contribution in [-0.4, -0.2) is 35.0 Å². The third-order valence-electron chi connectivity index (χ3n) is 4.04. The Morgan fingerprint density at radius 1 is 1.21 bits per heavy atom. The van der Waals surface area contributed by atoms with E-state index in [1.54, 1.807) is 29.2 Å². The predicted octanol–water partition coefficient (Wildman–Crippen LogP) is 3.14. The molecule has 7 nitrogen and oxygen atoms in total. The number of carboxylic acids is 1. The fraction of sp³-hybridized carbons (Fsp3) is 0.190. The van der Waals surface area contributed by atoms with Crippen LogP contribution in [0.2, 0.25) is 0 Å². The van der Waals surface area contributed by atoms with Crippen molar-refractivity contribution in [3.63, 3.8) is 0 Å². The molecule has 0 aromatic heterocycles. The van der Waals surface area contributed by atoms with Gasteiger partial charge < -0.3 is 21.1 Å². The van der Waals surface area contributed by atoms with Crippen LogP contribution in [0.3, 0.4) is 0 Å². The van der Waals surface area contributed by atoms with E-state index < -0.39 is 17.9 Å². The molecule has 0 aliphatic heterocycles. The van der Waals surface area contributed by atoms with Gasteiger partial charge in [0.25, 0.3) is 5.91 Å². The molecule has 0 fully saturated rings. The van der Waals surface area contributed by atoms with Crippen LogP contribution < -0.4 is 16.0 Å². The zero-order valence-corrected chi connectivity index (χ0v) is 16.7. The third-order valence-corrected chi connectivity index (χ3v) is 4.69. The molecule has 1 amide bonds. The molecule has 2 aromatic rings. The van der Waals surface area contributed by atoms with Crippen molar-refractivity contribution in [2.24, 2.45) is 0 Å². The molecule has 0 bridgehead atoms. The fourth-order valence-electron chi connectivity index (χ4n) is 2.52. The smallest absolute Gasteiger partial charge is 0.326 e. The molecule has 8 heteroatoms. The van der Waals surface area contributed by atoms with E-state index >= 15 is 0 Å². The van der Waals surface area contributed by atoms with E-state index in [-0.39, 0.29) is 12.0 Å². The molecule has 0 saturated heterocycles. The Hall–Kier alpha value is -3.44. The largest absolute Gasteiger partial charge is 0.480 e. The third kappa shape index (κ3) is 6.30. The van der Waals surface area contributed by atoms with Gasteiger partial charge in [-0.3, -0.25) is 4.79 Å². The lowest BCUT2D eigenvalue weighted by atomic mass is 10.2. The van der Waals surface area contributed by atoms with Crippen molar-refractivity contribution < 1.29 is 14.7 Å². The van der Waals surface area contributed by atoms with E-state index in [9.17, 15) is 20.0 Å². The topological polar surface area (TPSA) is 119 Å². The second-order valence-corrected chi connectivity index (χ2v) is 7.08. The Labute approximate surface area is 173 Å². The van der Waals surface area contributed by atoms with Crippen LogP contribution in [0.1, 0.15) is 6.42 Å². The van der Waals surface area contributed by atoms with Gasteiger partial charge in [0.1, 0.15) is 17.7 Å². The Morgan fingerprint density at radius 3 is 2.38 bits per heavy atom. The van der Waals surface area contributed by atoms with E-state index in [1.165, 1.54) is 18.0 Å². The molecule has 0 aliphatic carbocycles. The highest BCUT2D eigenvalue weighted by molar-refractivity contribution is 7.98. The summed E-state index contributed by atoms with van der Waals surface area (Å²) in [6.45, 7) is 0. The number of para-hydroxylation sites is 1. The van der Waals surface area contributed by atoms with Gasteiger partial charge in [-0.05, 0) is 54.8 Å². The molecule has 150 valence electrons. The molecule has 2 rings (SSSR count). The standard InChI is InChI=1S/C21H22N4O3S/c1-29-12-11-19(21(27)28)24-20(26)15(13-22)14-25(17-5-3-2-4-6-17)18-9-7-16(23)8-10-18/h2-10,14,19H,11-12,23H2,1H3,(H,24,26)(H,27,28)/b15-14-. The van der Waals surface area contributed by atoms with Crippen LogP contribution in [0, 0.1) is 11.3 Å². The van der Waals surface area contributed by atoms with E-state index in [2.05, 4.69) is 5.32 Å². The van der Waals surface area contributed by atoms with Gasteiger partial charge in [-0.1, -0.05) is 18.2 Å². The molecule has 0 spiro atoms. The number of carbonyl (C=O) groups is 2. The maximum atomic E-state index is 12.6. The molecular formula is C21H22N4O3S. The Kier molecular flexibility index (Phi) is 8.12. The minimum atomic E-state index is -1.14. The number of nitrogen functional groups attached to an aromatic ring is 1. The van der Waals surface area contributed by atoms with Gasteiger partial charge in [0.2, 0.25) is 0 Å². The van der Waals surface area contributed by atoms with Gasteiger partial charge in [0.15, 0.2) is 0 Å². The highest BCUT2D eigenvalue weighted by atomic mass is 32.2. The van der Waals surface area contributed by atoms with E-state index in [1.807, 2.05) is 42.7 Å². The molecule has 0 saturated carbocycles. The van der Waals surface area contributed by atoms with Gasteiger partial charge >= 0.3 is 5.97 Å². The van der Waals surface area contributed by atoms with Crippen LogP contribution >= 0.6 is 11.8 Å². The zero-order valence-electron chi connectivity index (χ0n) is 15.9. The summed E-state index contributed by atoms with van der Waals surface area (Å²) in [5.41, 5.74) is 7.56. The first kappa shape index (κ1) is 21.9. The quantitative estimate of drug-likeness (QED) is 0.330. The first-order valence-corrected chi connectivity index (χ1v) is 10.2. The molecule has 0 aliphatic rings. The number of rotatable bonds is 9. The zero-order chi connectivity index (χ0) is 21.2. The normalized spacial score (nSPS) is 11.9. The first-order valence-electron chi connectivity index (χ1n) is 8.80. The maximum absolute atomic E-state index is 12.6. The fourth-order valence-corrected chi connectivity index (χ4v) is 2.99. The molecule has 4 N–H and O–H groups in total. The molecule has 1 atom stereocenters. The van der Waals surface area contributed by atoms with E-state index in [4.69, 9.17) is 5.73 Å². The molecular weight excluding hydrogens is 388 g/mol. The van der Waals surface area contributed by atoms with Crippen molar-refractivity contribution in [1.29, 1.82) is 5.26 Å². The Balaban J connectivity index is 2.36. The van der Waals surface area contributed by atoms with Gasteiger partial charge in [0.05, 0.1) is 0 Å². The lowest BCUT2D eigenvalue weighted by Crippen LogP contribution is -2.42. The summed E-state index contributed by atoms with van der Waals surface area (Å²) in [4.78, 5) is 25.7. The number of hydrogen-bond donors (Lipinski definition) is 3. The second kappa shape index (κ2) is 10.8. The summed E-state index contributed by atoms with van der Waals surface area (Å²) in [6, 6.07) is 17.0. The number of anilines is 3. The number of thioether (sulfide) groups is 1. The van der Waals surface area contributed by atoms with Crippen LogP contribution in [0.4, 0.5) is 17.1 Å². The highest BCUT2D eigenvalue weighted by Gasteiger charge is 2.22. The Bertz CT molecular complexity index is 908. The highest BCUT2D eigenvalue weighted by Crippen LogP contribution is 2.27. The number of nitrogens with one attached hydrogen (secondary N) is 1. The minimum Gasteiger partial charge on any atom is -0.480 e. The van der Waals surface area contributed by atoms with Crippen LogP contribution in [0.15, 0.2) is 66.4 Å². The lowest BCUT2D eigenvalue weighted by molar-refractivity contribution is -0.141. The number of carboxylic acid groups (broad SMARTS) is 1. The van der Waals surface area contributed by atoms with Crippen molar-refractivity contribution in [3.8, 4) is 6.07 Å². The Morgan fingerprint density at radius 2 is 1.83 bits per heavy atom. The summed E-state index contributed by atoms with van der Waals surface area (Å²) < 4.78 is 0. The molecule has 29 heavy (non-hydrogen) atoms. The van der Waals surface area contributed by atoms with Crippen molar-refractivity contribution in [1.82, 2.24) is 5.32 Å². The number of nitrogens with two attached hydrogens (primary N) is 1. The second-order valence-electron chi connectivity index (χ2n) is 6.10.